The first-order chi connectivity index (χ1) is 10.2. The normalized spacial score (nSPS) is 22.3. The van der Waals surface area contributed by atoms with Crippen LogP contribution in [-0.4, -0.2) is 0 Å². The molecule has 0 nitrogen and oxygen atoms in total. The highest BCUT2D eigenvalue weighted by atomic mass is 19.3. The molecule has 2 aromatic carbocycles. The minimum Gasteiger partial charge on any atom is -0.203 e. The second-order valence-electron chi connectivity index (χ2n) is 4.93. The third-order valence-corrected chi connectivity index (χ3v) is 3.59. The van der Waals surface area contributed by atoms with Crippen LogP contribution in [-0.2, 0) is 11.8 Å². The second-order valence-corrected chi connectivity index (χ2v) is 4.93. The molecule has 0 spiro atoms. The van der Waals surface area contributed by atoms with Crippen molar-refractivity contribution in [2.45, 2.75) is 11.8 Å². The standard InChI is InChI=1S/C16H8F6/c17-13-9-1-5-11(6-2-9)15(19,20)16(21,22)12-7-3-10(4-8-12)14(13)18/h1-8H/b14-13-. The maximum Gasteiger partial charge on any atom is 0.339 e. The summed E-state index contributed by atoms with van der Waals surface area (Å²) in [7, 11) is 0. The SMILES string of the molecule is F/C1=C(\F)c2ccc(cc2)C(F)(F)C(F)(F)c2ccc1cc2. The predicted molar refractivity (Wildman–Crippen MR) is 69.7 cm³/mol. The summed E-state index contributed by atoms with van der Waals surface area (Å²) in [5.41, 5.74) is -2.55. The molecular formula is C16H8F6. The fourth-order valence-electron chi connectivity index (χ4n) is 2.27. The van der Waals surface area contributed by atoms with Crippen LogP contribution in [0.3, 0.4) is 0 Å². The smallest absolute Gasteiger partial charge is 0.203 e. The number of hydrogen-bond acceptors (Lipinski definition) is 0. The van der Waals surface area contributed by atoms with E-state index in [1.54, 1.807) is 0 Å². The highest BCUT2D eigenvalue weighted by molar-refractivity contribution is 5.83. The Morgan fingerprint density at radius 2 is 0.773 bits per heavy atom. The van der Waals surface area contributed by atoms with Crippen LogP contribution < -0.4 is 0 Å². The first kappa shape index (κ1) is 14.7. The van der Waals surface area contributed by atoms with Gasteiger partial charge < -0.3 is 0 Å². The third kappa shape index (κ3) is 1.94. The van der Waals surface area contributed by atoms with Crippen molar-refractivity contribution in [3.05, 3.63) is 70.8 Å². The number of hydrogen-bond donors (Lipinski definition) is 0. The minimum absolute atomic E-state index is 0.301. The second kappa shape index (κ2) is 4.63. The summed E-state index contributed by atoms with van der Waals surface area (Å²) in [6.07, 6.45) is 0. The largest absolute Gasteiger partial charge is 0.339 e. The Morgan fingerprint density at radius 1 is 0.500 bits per heavy atom. The molecule has 114 valence electrons. The number of halogens is 6. The van der Waals surface area contributed by atoms with Gasteiger partial charge in [0.15, 0.2) is 11.7 Å². The van der Waals surface area contributed by atoms with Crippen LogP contribution in [0.1, 0.15) is 22.3 Å². The van der Waals surface area contributed by atoms with Gasteiger partial charge in [-0.25, -0.2) is 8.78 Å². The van der Waals surface area contributed by atoms with Gasteiger partial charge in [-0.2, -0.15) is 17.6 Å². The van der Waals surface area contributed by atoms with Gasteiger partial charge in [0.2, 0.25) is 0 Å². The monoisotopic (exact) mass is 314 g/mol. The van der Waals surface area contributed by atoms with Gasteiger partial charge in [0.25, 0.3) is 0 Å². The van der Waals surface area contributed by atoms with Crippen molar-refractivity contribution in [3.8, 4) is 0 Å². The summed E-state index contributed by atoms with van der Waals surface area (Å²) in [6, 6.07) is 6.08. The van der Waals surface area contributed by atoms with Crippen LogP contribution in [0, 0.1) is 0 Å². The molecule has 2 aromatic rings. The maximum absolute atomic E-state index is 14.1. The molecule has 4 bridgehead atoms. The molecule has 0 aliphatic heterocycles. The molecule has 0 fully saturated rings. The zero-order valence-corrected chi connectivity index (χ0v) is 10.9. The van der Waals surface area contributed by atoms with Gasteiger partial charge in [0, 0.05) is 22.3 Å². The molecule has 0 radical (unpaired) electrons. The Morgan fingerprint density at radius 3 is 1.05 bits per heavy atom. The van der Waals surface area contributed by atoms with E-state index in [2.05, 4.69) is 0 Å². The Bertz CT molecular complexity index is 676. The van der Waals surface area contributed by atoms with Crippen LogP contribution in [0.25, 0.3) is 11.7 Å². The summed E-state index contributed by atoms with van der Waals surface area (Å²) in [4.78, 5) is 0. The lowest BCUT2D eigenvalue weighted by molar-refractivity contribution is -0.223. The molecule has 0 N–H and O–H groups in total. The molecule has 6 heteroatoms. The Kier molecular flexibility index (Phi) is 3.09. The molecule has 0 amide bonds. The van der Waals surface area contributed by atoms with Crippen molar-refractivity contribution in [1.82, 2.24) is 0 Å². The molecule has 0 saturated heterocycles. The zero-order chi connectivity index (χ0) is 16.1. The first-order valence-electron chi connectivity index (χ1n) is 6.28. The Labute approximate surface area is 121 Å². The number of alkyl halides is 4. The van der Waals surface area contributed by atoms with Crippen LogP contribution in [0.2, 0.25) is 0 Å². The quantitative estimate of drug-likeness (QED) is 0.551. The van der Waals surface area contributed by atoms with Crippen molar-refractivity contribution >= 4 is 11.7 Å². The third-order valence-electron chi connectivity index (χ3n) is 3.59. The van der Waals surface area contributed by atoms with E-state index in [0.717, 1.165) is 24.3 Å². The topological polar surface area (TPSA) is 0 Å². The molecule has 0 saturated carbocycles. The summed E-state index contributed by atoms with van der Waals surface area (Å²) >= 11 is 0. The van der Waals surface area contributed by atoms with Gasteiger partial charge in [-0.15, -0.1) is 0 Å². The van der Waals surface area contributed by atoms with E-state index in [9.17, 15) is 26.3 Å². The van der Waals surface area contributed by atoms with Crippen LogP contribution in [0.15, 0.2) is 48.5 Å². The lowest BCUT2D eigenvalue weighted by Crippen LogP contribution is -2.35. The average molecular weight is 314 g/mol. The fraction of sp³-hybridized carbons (Fsp3) is 0.125. The Balaban J connectivity index is 2.37. The molecule has 4 aliphatic rings. The summed E-state index contributed by atoms with van der Waals surface area (Å²) in [5.74, 6) is -11.4. The highest BCUT2D eigenvalue weighted by Gasteiger charge is 2.58. The van der Waals surface area contributed by atoms with Gasteiger partial charge in [0.05, 0.1) is 0 Å². The molecule has 6 rings (SSSR count). The first-order valence-corrected chi connectivity index (χ1v) is 6.28. The van der Waals surface area contributed by atoms with Crippen LogP contribution in [0.4, 0.5) is 26.3 Å². The van der Waals surface area contributed by atoms with Crippen molar-refractivity contribution in [2.24, 2.45) is 0 Å². The van der Waals surface area contributed by atoms with Gasteiger partial charge in [-0.1, -0.05) is 48.5 Å². The molecule has 0 atom stereocenters. The van der Waals surface area contributed by atoms with E-state index in [0.29, 0.717) is 24.3 Å². The highest BCUT2D eigenvalue weighted by Crippen LogP contribution is 2.50. The molecule has 22 heavy (non-hydrogen) atoms. The van der Waals surface area contributed by atoms with Crippen molar-refractivity contribution in [3.63, 3.8) is 0 Å². The molecule has 0 aromatic heterocycles. The van der Waals surface area contributed by atoms with Gasteiger partial charge >= 0.3 is 11.8 Å². The lowest BCUT2D eigenvalue weighted by atomic mass is 9.93. The molecule has 4 aliphatic carbocycles. The van der Waals surface area contributed by atoms with E-state index in [1.165, 1.54) is 0 Å². The summed E-state index contributed by atoms with van der Waals surface area (Å²) < 4.78 is 84.4. The predicted octanol–water partition coefficient (Wildman–Crippen LogP) is 5.65. The van der Waals surface area contributed by atoms with E-state index >= 15 is 0 Å². The minimum atomic E-state index is -4.48. The zero-order valence-electron chi connectivity index (χ0n) is 10.9. The summed E-state index contributed by atoms with van der Waals surface area (Å²) in [5, 5.41) is 0. The van der Waals surface area contributed by atoms with Crippen molar-refractivity contribution < 1.29 is 26.3 Å². The molecule has 0 heterocycles. The average Bonchev–Trinajstić information content (AvgIpc) is 2.53. The van der Waals surface area contributed by atoms with Crippen molar-refractivity contribution in [1.29, 1.82) is 0 Å². The van der Waals surface area contributed by atoms with Crippen molar-refractivity contribution in [2.75, 3.05) is 0 Å². The van der Waals surface area contributed by atoms with Gasteiger partial charge in [-0.05, 0) is 0 Å². The van der Waals surface area contributed by atoms with E-state index in [-0.39, 0.29) is 11.1 Å². The Hall–Kier alpha value is -2.24. The van der Waals surface area contributed by atoms with Crippen LogP contribution in [0.5, 0.6) is 0 Å². The van der Waals surface area contributed by atoms with E-state index in [4.69, 9.17) is 0 Å². The van der Waals surface area contributed by atoms with Gasteiger partial charge in [0.1, 0.15) is 0 Å². The lowest BCUT2D eigenvalue weighted by Gasteiger charge is -2.27. The molecular weight excluding hydrogens is 306 g/mol. The van der Waals surface area contributed by atoms with Gasteiger partial charge in [-0.3, -0.25) is 0 Å². The molecule has 0 unspecified atom stereocenters. The maximum atomic E-state index is 14.1. The summed E-state index contributed by atoms with van der Waals surface area (Å²) in [6.45, 7) is 0. The number of benzene rings is 2. The van der Waals surface area contributed by atoms with Crippen LogP contribution >= 0.6 is 0 Å². The number of rotatable bonds is 0. The fourth-order valence-corrected chi connectivity index (χ4v) is 2.27. The van der Waals surface area contributed by atoms with E-state index < -0.39 is 34.6 Å². The van der Waals surface area contributed by atoms with E-state index in [1.807, 2.05) is 0 Å².